The van der Waals surface area contributed by atoms with Crippen molar-refractivity contribution in [3.05, 3.63) is 134 Å². The van der Waals surface area contributed by atoms with Gasteiger partial charge in [0.15, 0.2) is 13.2 Å². The van der Waals surface area contributed by atoms with Crippen LogP contribution >= 0.6 is 0 Å². The minimum Gasteiger partial charge on any atom is -0.480 e. The summed E-state index contributed by atoms with van der Waals surface area (Å²) in [6.45, 7) is 12.2. The molecular weight excluding hydrogens is 658 g/mol. The van der Waals surface area contributed by atoms with Gasteiger partial charge in [-0.05, 0) is 94.8 Å². The first-order valence-corrected chi connectivity index (χ1v) is 17.3. The molecule has 4 aromatic carbocycles. The predicted octanol–water partition coefficient (Wildman–Crippen LogP) is 6.09. The fourth-order valence-electron chi connectivity index (χ4n) is 5.48. The maximum Gasteiger partial charge on any atom is 0.339 e. The van der Waals surface area contributed by atoms with E-state index in [0.717, 1.165) is 44.5 Å². The second-order valence-corrected chi connectivity index (χ2v) is 14.0. The number of carboxylic acids is 1. The lowest BCUT2D eigenvalue weighted by molar-refractivity contribution is -0.139. The van der Waals surface area contributed by atoms with Crippen molar-refractivity contribution in [2.45, 2.75) is 65.8 Å². The zero-order valence-electron chi connectivity index (χ0n) is 29.3. The Hall–Kier alpha value is -5.13. The molecule has 50 heavy (non-hydrogen) atoms. The molecule has 0 aliphatic carbocycles. The first-order chi connectivity index (χ1) is 23.5. The topological polar surface area (TPSA) is 153 Å². The Morgan fingerprint density at radius 3 is 1.46 bits per heavy atom. The lowest BCUT2D eigenvalue weighted by Crippen LogP contribution is -2.42. The third kappa shape index (κ3) is 11.2. The summed E-state index contributed by atoms with van der Waals surface area (Å²) in [4.78, 5) is 48.0. The number of esters is 2. The summed E-state index contributed by atoms with van der Waals surface area (Å²) in [5.41, 5.74) is 7.89. The summed E-state index contributed by atoms with van der Waals surface area (Å²) in [5, 5.41) is 9.26. The number of ketones is 1. The first-order valence-electron chi connectivity index (χ1n) is 15.9. The summed E-state index contributed by atoms with van der Waals surface area (Å²) >= 11 is 0. The van der Waals surface area contributed by atoms with Gasteiger partial charge in [-0.25, -0.2) is 18.0 Å². The number of carboxylic acid groups (broad SMARTS) is 1. The molecule has 1 atom stereocenters. The molecule has 0 aliphatic rings. The van der Waals surface area contributed by atoms with E-state index in [0.29, 0.717) is 11.1 Å². The maximum atomic E-state index is 12.3. The number of ether oxygens (including phenoxy) is 2. The van der Waals surface area contributed by atoms with E-state index in [1.807, 2.05) is 78.8 Å². The number of aryl methyl sites for hydroxylation is 7. The van der Waals surface area contributed by atoms with E-state index >= 15 is 0 Å². The molecule has 0 amide bonds. The number of benzene rings is 4. The molecule has 0 saturated heterocycles. The van der Waals surface area contributed by atoms with Gasteiger partial charge in [-0.2, -0.15) is 4.72 Å². The predicted molar refractivity (Wildman–Crippen MR) is 190 cm³/mol. The van der Waals surface area contributed by atoms with Crippen LogP contribution in [0.2, 0.25) is 0 Å². The van der Waals surface area contributed by atoms with Gasteiger partial charge in [-0.1, -0.05) is 83.4 Å². The van der Waals surface area contributed by atoms with E-state index in [-0.39, 0.29) is 11.3 Å². The van der Waals surface area contributed by atoms with Gasteiger partial charge < -0.3 is 14.6 Å². The number of carbonyl (C=O) groups is 4. The molecule has 264 valence electrons. The molecule has 0 spiro atoms. The highest BCUT2D eigenvalue weighted by molar-refractivity contribution is 7.89. The van der Waals surface area contributed by atoms with E-state index < -0.39 is 53.0 Å². The fraction of sp³-hybridized carbons (Fsp3) is 0.282. The molecule has 0 aliphatic heterocycles. The number of carbonyl (C=O) groups excluding carboxylic acids is 3. The van der Waals surface area contributed by atoms with Gasteiger partial charge in [-0.15, -0.1) is 0 Å². The number of hydrogen-bond acceptors (Lipinski definition) is 8. The average molecular weight is 702 g/mol. The third-order valence-electron chi connectivity index (χ3n) is 7.70. The highest BCUT2D eigenvalue weighted by Gasteiger charge is 2.25. The largest absolute Gasteiger partial charge is 0.480 e. The van der Waals surface area contributed by atoms with Crippen molar-refractivity contribution in [1.82, 2.24) is 4.72 Å². The minimum atomic E-state index is -3.87. The number of hydrogen-bond donors (Lipinski definition) is 2. The lowest BCUT2D eigenvalue weighted by atomic mass is 10.00. The monoisotopic (exact) mass is 701 g/mol. The van der Waals surface area contributed by atoms with Crippen LogP contribution in [-0.2, 0) is 35.5 Å². The van der Waals surface area contributed by atoms with Crippen molar-refractivity contribution in [1.29, 1.82) is 0 Å². The summed E-state index contributed by atoms with van der Waals surface area (Å²) in [5.74, 6) is -2.80. The molecule has 2 N–H and O–H groups in total. The number of Topliss-reactive ketones (excluding diaryl/α,β-unsaturated/α-hetero) is 1. The highest BCUT2D eigenvalue weighted by Crippen LogP contribution is 2.19. The van der Waals surface area contributed by atoms with Gasteiger partial charge in [0.05, 0.1) is 16.0 Å². The van der Waals surface area contributed by atoms with E-state index in [1.165, 1.54) is 12.1 Å². The van der Waals surface area contributed by atoms with Crippen LogP contribution in [0.1, 0.15) is 65.2 Å². The molecule has 0 radical (unpaired) electrons. The molecule has 0 aromatic heterocycles. The van der Waals surface area contributed by atoms with E-state index in [2.05, 4.69) is 4.72 Å². The van der Waals surface area contributed by atoms with E-state index in [9.17, 15) is 32.7 Å². The Morgan fingerprint density at radius 2 is 1.06 bits per heavy atom. The number of sulfonamides is 1. The number of rotatable bonds is 12. The van der Waals surface area contributed by atoms with Gasteiger partial charge in [0, 0.05) is 0 Å². The van der Waals surface area contributed by atoms with Crippen molar-refractivity contribution >= 4 is 33.7 Å². The van der Waals surface area contributed by atoms with Gasteiger partial charge in [0.25, 0.3) is 0 Å². The standard InChI is InChI=1S/C23H26O5.C16H17NO4S/c1-13-7-15(3)20(16(4)8-13)22(25)27-11-19(24)12-28-23(26)21-17(5)9-14(2)10-18(21)6;1-12-7-9-14(10-8-12)22(20,21)17-15(16(18)19)11-13-5-3-2-4-6-13/h7-10H,11-12H2,1-6H3;2-10,15,17H,11H2,1H3,(H,18,19)/t;15-/m.0/s1. The van der Waals surface area contributed by atoms with Crippen LogP contribution in [0.5, 0.6) is 0 Å². The molecule has 11 heteroatoms. The molecule has 4 aromatic rings. The molecule has 0 bridgehead atoms. The van der Waals surface area contributed by atoms with Gasteiger partial charge in [0.1, 0.15) is 6.04 Å². The van der Waals surface area contributed by atoms with E-state index in [4.69, 9.17) is 9.47 Å². The Bertz CT molecular complexity index is 1850. The van der Waals surface area contributed by atoms with Crippen LogP contribution in [0.4, 0.5) is 0 Å². The number of nitrogens with one attached hydrogen (secondary N) is 1. The second-order valence-electron chi connectivity index (χ2n) is 12.3. The third-order valence-corrected chi connectivity index (χ3v) is 9.19. The quantitative estimate of drug-likeness (QED) is 0.167. The van der Waals surface area contributed by atoms with Gasteiger partial charge >= 0.3 is 17.9 Å². The van der Waals surface area contributed by atoms with Crippen molar-refractivity contribution in [2.24, 2.45) is 0 Å². The van der Waals surface area contributed by atoms with Crippen LogP contribution in [0.3, 0.4) is 0 Å². The Kier molecular flexibility index (Phi) is 13.8. The Balaban J connectivity index is 0.000000278. The molecule has 0 unspecified atom stereocenters. The zero-order chi connectivity index (χ0) is 37.2. The van der Waals surface area contributed by atoms with Crippen LogP contribution in [0.15, 0.2) is 83.8 Å². The smallest absolute Gasteiger partial charge is 0.339 e. The minimum absolute atomic E-state index is 0.0532. The number of aliphatic carboxylic acids is 1. The second kappa shape index (κ2) is 17.5. The summed E-state index contributed by atoms with van der Waals surface area (Å²) in [7, 11) is -3.87. The van der Waals surface area contributed by atoms with Gasteiger partial charge in [-0.3, -0.25) is 9.59 Å². The maximum absolute atomic E-state index is 12.3. The van der Waals surface area contributed by atoms with Gasteiger partial charge in [0.2, 0.25) is 15.8 Å². The fourth-order valence-corrected chi connectivity index (χ4v) is 6.67. The van der Waals surface area contributed by atoms with Crippen molar-refractivity contribution in [2.75, 3.05) is 13.2 Å². The Morgan fingerprint density at radius 1 is 0.640 bits per heavy atom. The molecule has 0 saturated carbocycles. The first kappa shape index (κ1) is 39.3. The molecular formula is C39H43NO9S. The van der Waals surface area contributed by atoms with Crippen LogP contribution in [0.25, 0.3) is 0 Å². The zero-order valence-corrected chi connectivity index (χ0v) is 30.1. The molecule has 0 heterocycles. The van der Waals surface area contributed by atoms with Crippen LogP contribution < -0.4 is 4.72 Å². The van der Waals surface area contributed by atoms with Crippen molar-refractivity contribution < 1.29 is 42.2 Å². The Labute approximate surface area is 293 Å². The van der Waals surface area contributed by atoms with Crippen molar-refractivity contribution in [3.63, 3.8) is 0 Å². The molecule has 10 nitrogen and oxygen atoms in total. The van der Waals surface area contributed by atoms with Crippen molar-refractivity contribution in [3.8, 4) is 0 Å². The summed E-state index contributed by atoms with van der Waals surface area (Å²) in [6.07, 6.45) is 0.0846. The van der Waals surface area contributed by atoms with Crippen LogP contribution in [0, 0.1) is 48.5 Å². The highest BCUT2D eigenvalue weighted by atomic mass is 32.2. The lowest BCUT2D eigenvalue weighted by Gasteiger charge is -2.15. The normalized spacial score (nSPS) is 11.5. The summed E-state index contributed by atoms with van der Waals surface area (Å²) in [6, 6.07) is 21.5. The van der Waals surface area contributed by atoms with E-state index in [1.54, 1.807) is 36.4 Å². The van der Waals surface area contributed by atoms with Crippen LogP contribution in [-0.4, -0.2) is 56.5 Å². The summed E-state index contributed by atoms with van der Waals surface area (Å²) < 4.78 is 37.0. The molecule has 4 rings (SSSR count). The molecule has 0 fully saturated rings. The SMILES string of the molecule is Cc1cc(C)c(C(=O)OCC(=O)COC(=O)c2c(C)cc(C)cc2C)c(C)c1.Cc1ccc(S(=O)(=O)N[C@@H](Cc2ccccc2)C(=O)O)cc1. The average Bonchev–Trinajstić information content (AvgIpc) is 3.02.